The molecule has 1 saturated heterocycles. The highest BCUT2D eigenvalue weighted by atomic mass is 79.9. The highest BCUT2D eigenvalue weighted by Gasteiger charge is 2.46. The summed E-state index contributed by atoms with van der Waals surface area (Å²) < 4.78 is 6.29. The molecule has 166 valence electrons. The standard InChI is InChI=1S/C26H21BrN2O4/c1-2-13-33-21-10-8-18(9-11-21)24(30)22-23(19-6-3-7-20(27)14-19)29(26(32)25(22)31)16-17-5-4-12-28-15-17/h2-12,14-15,23,30H,1,13,16H2/t23-/m0/s1. The molecule has 2 aromatic carbocycles. The molecular weight excluding hydrogens is 484 g/mol. The van der Waals surface area contributed by atoms with Gasteiger partial charge >= 0.3 is 0 Å². The Labute approximate surface area is 200 Å². The highest BCUT2D eigenvalue weighted by Crippen LogP contribution is 2.41. The van der Waals surface area contributed by atoms with Crippen molar-refractivity contribution in [1.82, 2.24) is 9.88 Å². The molecule has 1 atom stereocenters. The summed E-state index contributed by atoms with van der Waals surface area (Å²) in [4.78, 5) is 31.8. The summed E-state index contributed by atoms with van der Waals surface area (Å²) in [7, 11) is 0. The smallest absolute Gasteiger partial charge is 0.295 e. The van der Waals surface area contributed by atoms with E-state index in [1.165, 1.54) is 4.90 Å². The van der Waals surface area contributed by atoms with Crippen LogP contribution in [0.5, 0.6) is 5.75 Å². The molecule has 0 bridgehead atoms. The molecule has 7 heteroatoms. The van der Waals surface area contributed by atoms with Crippen LogP contribution >= 0.6 is 15.9 Å². The molecule has 33 heavy (non-hydrogen) atoms. The van der Waals surface area contributed by atoms with Crippen molar-refractivity contribution in [2.75, 3.05) is 6.61 Å². The molecule has 1 N–H and O–H groups in total. The van der Waals surface area contributed by atoms with E-state index in [9.17, 15) is 14.7 Å². The van der Waals surface area contributed by atoms with Gasteiger partial charge in [-0.25, -0.2) is 0 Å². The van der Waals surface area contributed by atoms with Crippen LogP contribution in [0.3, 0.4) is 0 Å². The van der Waals surface area contributed by atoms with Crippen LogP contribution in [0.1, 0.15) is 22.7 Å². The number of carbonyl (C=O) groups excluding carboxylic acids is 2. The number of hydrogen-bond donors (Lipinski definition) is 1. The van der Waals surface area contributed by atoms with Crippen molar-refractivity contribution in [1.29, 1.82) is 0 Å². The summed E-state index contributed by atoms with van der Waals surface area (Å²) in [6.07, 6.45) is 4.93. The predicted octanol–water partition coefficient (Wildman–Crippen LogP) is 5.03. The number of ketones is 1. The first-order valence-corrected chi connectivity index (χ1v) is 11.1. The maximum atomic E-state index is 13.1. The van der Waals surface area contributed by atoms with Crippen LogP contribution in [0.25, 0.3) is 5.76 Å². The summed E-state index contributed by atoms with van der Waals surface area (Å²) >= 11 is 3.46. The third-order valence-electron chi connectivity index (χ3n) is 5.28. The molecule has 1 aliphatic rings. The minimum Gasteiger partial charge on any atom is -0.507 e. The molecule has 6 nitrogen and oxygen atoms in total. The predicted molar refractivity (Wildman–Crippen MR) is 128 cm³/mol. The maximum absolute atomic E-state index is 13.1. The molecule has 0 aliphatic carbocycles. The zero-order valence-corrected chi connectivity index (χ0v) is 19.2. The van der Waals surface area contributed by atoms with E-state index < -0.39 is 17.7 Å². The first kappa shape index (κ1) is 22.5. The van der Waals surface area contributed by atoms with Gasteiger partial charge in [-0.05, 0) is 53.6 Å². The first-order valence-electron chi connectivity index (χ1n) is 10.3. The van der Waals surface area contributed by atoms with Crippen LogP contribution in [0.4, 0.5) is 0 Å². The lowest BCUT2D eigenvalue weighted by molar-refractivity contribution is -0.140. The molecule has 1 fully saturated rings. The zero-order chi connectivity index (χ0) is 23.4. The van der Waals surface area contributed by atoms with Crippen LogP contribution in [0.2, 0.25) is 0 Å². The minimum atomic E-state index is -0.751. The van der Waals surface area contributed by atoms with Crippen molar-refractivity contribution in [2.45, 2.75) is 12.6 Å². The molecular formula is C26H21BrN2O4. The summed E-state index contributed by atoms with van der Waals surface area (Å²) in [5, 5.41) is 11.2. The Morgan fingerprint density at radius 3 is 2.61 bits per heavy atom. The zero-order valence-electron chi connectivity index (χ0n) is 17.6. The average Bonchev–Trinajstić information content (AvgIpc) is 3.08. The quantitative estimate of drug-likeness (QED) is 0.211. The third-order valence-corrected chi connectivity index (χ3v) is 5.77. The van der Waals surface area contributed by atoms with Crippen LogP contribution in [0.15, 0.2) is 95.8 Å². The van der Waals surface area contributed by atoms with Crippen molar-refractivity contribution in [3.8, 4) is 5.75 Å². The number of pyridine rings is 1. The van der Waals surface area contributed by atoms with E-state index in [-0.39, 0.29) is 17.9 Å². The van der Waals surface area contributed by atoms with Gasteiger partial charge in [-0.15, -0.1) is 0 Å². The number of ether oxygens (including phenoxy) is 1. The van der Waals surface area contributed by atoms with Gasteiger partial charge < -0.3 is 14.7 Å². The number of benzene rings is 2. The van der Waals surface area contributed by atoms with Crippen molar-refractivity contribution in [3.05, 3.63) is 112 Å². The largest absolute Gasteiger partial charge is 0.507 e. The molecule has 2 heterocycles. The van der Waals surface area contributed by atoms with E-state index in [1.807, 2.05) is 30.3 Å². The topological polar surface area (TPSA) is 79.7 Å². The van der Waals surface area contributed by atoms with Crippen molar-refractivity contribution < 1.29 is 19.4 Å². The van der Waals surface area contributed by atoms with Gasteiger partial charge in [0.15, 0.2) is 0 Å². The monoisotopic (exact) mass is 504 g/mol. The van der Waals surface area contributed by atoms with E-state index in [2.05, 4.69) is 27.5 Å². The second-order valence-corrected chi connectivity index (χ2v) is 8.38. The Morgan fingerprint density at radius 1 is 1.15 bits per heavy atom. The Kier molecular flexibility index (Phi) is 6.70. The van der Waals surface area contributed by atoms with Gasteiger partial charge in [0.1, 0.15) is 18.1 Å². The molecule has 4 rings (SSSR count). The Hall–Kier alpha value is -3.71. The van der Waals surface area contributed by atoms with Crippen molar-refractivity contribution in [2.24, 2.45) is 0 Å². The van der Waals surface area contributed by atoms with Crippen LogP contribution < -0.4 is 4.74 Å². The number of hydrogen-bond acceptors (Lipinski definition) is 5. The lowest BCUT2D eigenvalue weighted by Gasteiger charge is -2.25. The van der Waals surface area contributed by atoms with E-state index in [0.717, 1.165) is 10.0 Å². The fourth-order valence-electron chi connectivity index (χ4n) is 3.77. The van der Waals surface area contributed by atoms with Crippen LogP contribution in [-0.4, -0.2) is 33.3 Å². The molecule has 0 radical (unpaired) electrons. The molecule has 1 amide bonds. The molecule has 0 unspecified atom stereocenters. The van der Waals surface area contributed by atoms with Gasteiger partial charge in [0.05, 0.1) is 11.6 Å². The lowest BCUT2D eigenvalue weighted by atomic mass is 9.95. The van der Waals surface area contributed by atoms with E-state index in [4.69, 9.17) is 4.74 Å². The lowest BCUT2D eigenvalue weighted by Crippen LogP contribution is -2.29. The maximum Gasteiger partial charge on any atom is 0.295 e. The Morgan fingerprint density at radius 2 is 1.94 bits per heavy atom. The number of Topliss-reactive ketones (excluding diaryl/α,β-unsaturated/α-hetero) is 1. The molecule has 0 saturated carbocycles. The summed E-state index contributed by atoms with van der Waals surface area (Å²) in [5.41, 5.74) is 1.95. The summed E-state index contributed by atoms with van der Waals surface area (Å²) in [6, 6.07) is 16.9. The van der Waals surface area contributed by atoms with Crippen LogP contribution in [-0.2, 0) is 16.1 Å². The molecule has 0 spiro atoms. The minimum absolute atomic E-state index is 0.0433. The molecule has 3 aromatic rings. The summed E-state index contributed by atoms with van der Waals surface area (Å²) in [5.74, 6) is -1.03. The van der Waals surface area contributed by atoms with E-state index in [0.29, 0.717) is 23.5 Å². The Bertz CT molecular complexity index is 1220. The second kappa shape index (κ2) is 9.83. The van der Waals surface area contributed by atoms with Gasteiger partial charge in [0.2, 0.25) is 0 Å². The van der Waals surface area contributed by atoms with Gasteiger partial charge in [-0.1, -0.05) is 46.8 Å². The number of aromatic nitrogens is 1. The van der Waals surface area contributed by atoms with Gasteiger partial charge in [0.25, 0.3) is 11.7 Å². The number of aliphatic hydroxyl groups is 1. The average molecular weight is 505 g/mol. The number of amides is 1. The normalized spacial score (nSPS) is 17.2. The third kappa shape index (κ3) is 4.73. The van der Waals surface area contributed by atoms with Gasteiger partial charge in [-0.2, -0.15) is 0 Å². The Balaban J connectivity index is 1.79. The summed E-state index contributed by atoms with van der Waals surface area (Å²) in [6.45, 7) is 4.15. The van der Waals surface area contributed by atoms with Gasteiger partial charge in [-0.3, -0.25) is 14.6 Å². The number of likely N-dealkylation sites (tertiary alicyclic amines) is 1. The number of nitrogens with zero attached hydrogens (tertiary/aromatic N) is 2. The number of carbonyl (C=O) groups is 2. The molecule has 1 aliphatic heterocycles. The van der Waals surface area contributed by atoms with Crippen molar-refractivity contribution >= 4 is 33.4 Å². The number of aliphatic hydroxyl groups excluding tert-OH is 1. The first-order chi connectivity index (χ1) is 16.0. The van der Waals surface area contributed by atoms with E-state index >= 15 is 0 Å². The highest BCUT2D eigenvalue weighted by molar-refractivity contribution is 9.10. The molecule has 1 aromatic heterocycles. The number of rotatable bonds is 7. The fourth-order valence-corrected chi connectivity index (χ4v) is 4.19. The van der Waals surface area contributed by atoms with E-state index in [1.54, 1.807) is 48.8 Å². The second-order valence-electron chi connectivity index (χ2n) is 7.47. The van der Waals surface area contributed by atoms with Gasteiger partial charge in [0, 0.05) is 29.0 Å². The van der Waals surface area contributed by atoms with Crippen molar-refractivity contribution in [3.63, 3.8) is 0 Å². The fraction of sp³-hybridized carbons (Fsp3) is 0.115. The number of halogens is 1. The SMILES string of the molecule is C=CCOc1ccc(C(O)=C2C(=O)C(=O)N(Cc3cccnc3)[C@H]2c2cccc(Br)c2)cc1. The van der Waals surface area contributed by atoms with Crippen LogP contribution in [0, 0.1) is 0 Å².